The van der Waals surface area contributed by atoms with Crippen molar-refractivity contribution in [2.24, 2.45) is 0 Å². The number of benzene rings is 3. The van der Waals surface area contributed by atoms with E-state index in [1.165, 1.54) is 0 Å². The van der Waals surface area contributed by atoms with E-state index in [0.29, 0.717) is 6.29 Å². The topological polar surface area (TPSA) is 92.4 Å². The van der Waals surface area contributed by atoms with Crippen LogP contribution in [-0.4, -0.2) is 36.2 Å². The van der Waals surface area contributed by atoms with Crippen LogP contribution in [0, 0.1) is 0 Å². The summed E-state index contributed by atoms with van der Waals surface area (Å²) in [4.78, 5) is 15.4. The lowest BCUT2D eigenvalue weighted by Crippen LogP contribution is -2.51. The first-order chi connectivity index (χ1) is 16.0. The molecule has 5 heterocycles. The number of rotatable bonds is 1. The molecule has 3 aromatic carbocycles. The minimum Gasteiger partial charge on any atom is -0.494 e. The van der Waals surface area contributed by atoms with Crippen molar-refractivity contribution in [2.75, 3.05) is 0 Å². The summed E-state index contributed by atoms with van der Waals surface area (Å²) in [7, 11) is 0. The first kappa shape index (κ1) is 17.7. The van der Waals surface area contributed by atoms with Crippen LogP contribution in [0.1, 0.15) is 19.6 Å². The Morgan fingerprint density at radius 1 is 1.00 bits per heavy atom. The second-order valence-corrected chi connectivity index (χ2v) is 9.41. The normalized spacial score (nSPS) is 26.4. The minimum atomic E-state index is -1.71. The van der Waals surface area contributed by atoms with Crippen LogP contribution < -0.4 is 0 Å². The number of nitrogens with one attached hydrogen (secondary N) is 1. The Bertz CT molecular complexity index is 1860. The molecule has 0 radical (unpaired) electrons. The van der Waals surface area contributed by atoms with Crippen LogP contribution in [0.2, 0.25) is 0 Å². The zero-order valence-electron chi connectivity index (χ0n) is 17.7. The summed E-state index contributed by atoms with van der Waals surface area (Å²) >= 11 is 0. The van der Waals surface area contributed by atoms with Crippen molar-refractivity contribution in [1.82, 2.24) is 14.1 Å². The predicted octanol–water partition coefficient (Wildman–Crippen LogP) is 4.62. The Kier molecular flexibility index (Phi) is 2.80. The van der Waals surface area contributed by atoms with E-state index in [-0.39, 0.29) is 12.3 Å². The van der Waals surface area contributed by atoms with Crippen LogP contribution in [-0.2, 0) is 15.3 Å². The highest BCUT2D eigenvalue weighted by molar-refractivity contribution is 6.37. The van der Waals surface area contributed by atoms with E-state index < -0.39 is 17.6 Å². The third-order valence-electron chi connectivity index (χ3n) is 7.95. The summed E-state index contributed by atoms with van der Waals surface area (Å²) in [6.45, 7) is 1.80. The zero-order chi connectivity index (χ0) is 22.3. The average Bonchev–Trinajstić information content (AvgIpc) is 3.51. The van der Waals surface area contributed by atoms with Crippen LogP contribution in [0.15, 0.2) is 54.7 Å². The van der Waals surface area contributed by atoms with Gasteiger partial charge in [0.15, 0.2) is 23.5 Å². The molecule has 7 nitrogen and oxygen atoms in total. The molecule has 1 fully saturated rings. The number of carbonyl (C=O) groups excluding carboxylic acids is 1. The highest BCUT2D eigenvalue weighted by Gasteiger charge is 2.61. The van der Waals surface area contributed by atoms with Gasteiger partial charge in [-0.2, -0.15) is 0 Å². The second-order valence-electron chi connectivity index (χ2n) is 9.41. The van der Waals surface area contributed by atoms with E-state index in [2.05, 4.69) is 9.55 Å². The number of para-hydroxylation sites is 2. The molecule has 2 aliphatic rings. The van der Waals surface area contributed by atoms with Gasteiger partial charge in [-0.25, -0.2) is 0 Å². The zero-order valence-corrected chi connectivity index (χ0v) is 17.7. The molecule has 3 atom stereocenters. The van der Waals surface area contributed by atoms with E-state index in [1.54, 1.807) is 6.92 Å². The molecule has 2 aliphatic heterocycles. The average molecular weight is 437 g/mol. The molecule has 7 heteroatoms. The molecule has 0 amide bonds. The van der Waals surface area contributed by atoms with Gasteiger partial charge in [-0.3, -0.25) is 4.79 Å². The SMILES string of the molecule is C[C@]12OC(C[C@@]1(O)C=O)n1c3ccccc3c3c4c(O)[nH]cc4c4c5ccccc5n2c4c31. The number of H-pyrrole nitrogens is 1. The number of nitrogens with zero attached hydrogens (tertiary/aromatic N) is 2. The molecule has 0 spiro atoms. The Balaban J connectivity index is 1.82. The number of fused-ring (bicyclic) bond motifs is 13. The van der Waals surface area contributed by atoms with Gasteiger partial charge in [0.2, 0.25) is 0 Å². The lowest BCUT2D eigenvalue weighted by molar-refractivity contribution is -0.176. The summed E-state index contributed by atoms with van der Waals surface area (Å²) in [6.07, 6.45) is 2.04. The van der Waals surface area contributed by atoms with Crippen molar-refractivity contribution >= 4 is 60.7 Å². The molecule has 3 N–H and O–H groups in total. The molecule has 0 aliphatic carbocycles. The predicted molar refractivity (Wildman–Crippen MR) is 125 cm³/mol. The van der Waals surface area contributed by atoms with Crippen molar-refractivity contribution in [1.29, 1.82) is 0 Å². The van der Waals surface area contributed by atoms with Crippen LogP contribution in [0.25, 0.3) is 54.4 Å². The third-order valence-corrected chi connectivity index (χ3v) is 7.95. The molecule has 2 bridgehead atoms. The molecule has 33 heavy (non-hydrogen) atoms. The Morgan fingerprint density at radius 2 is 1.70 bits per heavy atom. The maximum atomic E-state index is 12.3. The van der Waals surface area contributed by atoms with Crippen LogP contribution in [0.3, 0.4) is 0 Å². The first-order valence-electron chi connectivity index (χ1n) is 11.0. The van der Waals surface area contributed by atoms with Gasteiger partial charge in [0.05, 0.1) is 27.5 Å². The fourth-order valence-corrected chi connectivity index (χ4v) is 6.50. The fraction of sp³-hybridized carbons (Fsp3) is 0.192. The van der Waals surface area contributed by atoms with Crippen molar-refractivity contribution in [3.63, 3.8) is 0 Å². The Labute approximate surface area is 186 Å². The molecule has 8 rings (SSSR count). The van der Waals surface area contributed by atoms with Gasteiger partial charge in [-0.1, -0.05) is 36.4 Å². The van der Waals surface area contributed by atoms with Gasteiger partial charge < -0.3 is 29.1 Å². The highest BCUT2D eigenvalue weighted by atomic mass is 16.6. The van der Waals surface area contributed by atoms with Crippen molar-refractivity contribution in [2.45, 2.75) is 30.9 Å². The lowest BCUT2D eigenvalue weighted by Gasteiger charge is -2.36. The standard InChI is InChI=1S/C26H19N3O4/c1-25-26(32,12-30)10-18(33-25)28-16-8-4-2-6-13(16)20-21-15(11-27-24(21)31)19-14-7-3-5-9-17(14)29(25)23(19)22(20)28/h2-9,11-12,18,27,31-32H,10H2,1H3/t18?,25-,26+/m0/s1. The first-order valence-corrected chi connectivity index (χ1v) is 11.0. The van der Waals surface area contributed by atoms with Crippen molar-refractivity contribution in [3.8, 4) is 5.88 Å². The van der Waals surface area contributed by atoms with Gasteiger partial charge in [0.25, 0.3) is 0 Å². The van der Waals surface area contributed by atoms with E-state index in [9.17, 15) is 15.0 Å². The number of aromatic hydroxyl groups is 1. The van der Waals surface area contributed by atoms with Crippen molar-refractivity contribution in [3.05, 3.63) is 54.7 Å². The minimum absolute atomic E-state index is 0.123. The summed E-state index contributed by atoms with van der Waals surface area (Å²) in [6, 6.07) is 16.0. The Morgan fingerprint density at radius 3 is 2.45 bits per heavy atom. The number of aromatic nitrogens is 3. The highest BCUT2D eigenvalue weighted by Crippen LogP contribution is 2.57. The molecule has 6 aromatic rings. The van der Waals surface area contributed by atoms with Gasteiger partial charge in [0.1, 0.15) is 6.23 Å². The fourth-order valence-electron chi connectivity index (χ4n) is 6.50. The van der Waals surface area contributed by atoms with Gasteiger partial charge in [0, 0.05) is 39.5 Å². The number of carbonyl (C=O) groups is 1. The maximum absolute atomic E-state index is 12.3. The number of hydrogen-bond acceptors (Lipinski definition) is 4. The summed E-state index contributed by atoms with van der Waals surface area (Å²) in [5, 5.41) is 28.0. The maximum Gasteiger partial charge on any atom is 0.197 e. The molecular weight excluding hydrogens is 418 g/mol. The van der Waals surface area contributed by atoms with Crippen LogP contribution in [0.5, 0.6) is 5.88 Å². The van der Waals surface area contributed by atoms with Gasteiger partial charge in [-0.15, -0.1) is 0 Å². The summed E-state index contributed by atoms with van der Waals surface area (Å²) in [5.41, 5.74) is 0.606. The quantitative estimate of drug-likeness (QED) is 0.327. The number of aromatic amines is 1. The van der Waals surface area contributed by atoms with Crippen molar-refractivity contribution < 1.29 is 19.7 Å². The third kappa shape index (κ3) is 1.68. The van der Waals surface area contributed by atoms with E-state index in [0.717, 1.165) is 54.4 Å². The molecule has 1 unspecified atom stereocenters. The van der Waals surface area contributed by atoms with Crippen LogP contribution >= 0.6 is 0 Å². The Hall–Kier alpha value is -3.81. The molecule has 3 aromatic heterocycles. The van der Waals surface area contributed by atoms with E-state index >= 15 is 0 Å². The lowest BCUT2D eigenvalue weighted by atomic mass is 9.90. The number of aldehydes is 1. The molecular formula is C26H19N3O4. The second kappa shape index (κ2) is 5.22. The van der Waals surface area contributed by atoms with Crippen LogP contribution in [0.4, 0.5) is 0 Å². The molecule has 1 saturated heterocycles. The monoisotopic (exact) mass is 437 g/mol. The number of hydrogen-bond donors (Lipinski definition) is 3. The number of ether oxygens (including phenoxy) is 1. The molecule has 0 saturated carbocycles. The van der Waals surface area contributed by atoms with Gasteiger partial charge in [-0.05, 0) is 19.1 Å². The summed E-state index contributed by atoms with van der Waals surface area (Å²) in [5.74, 6) is 0.123. The largest absolute Gasteiger partial charge is 0.494 e. The number of aliphatic hydroxyl groups is 1. The van der Waals surface area contributed by atoms with E-state index in [4.69, 9.17) is 4.74 Å². The smallest absolute Gasteiger partial charge is 0.197 e. The summed E-state index contributed by atoms with van der Waals surface area (Å²) < 4.78 is 10.7. The molecule has 162 valence electrons. The van der Waals surface area contributed by atoms with E-state index in [1.807, 2.05) is 59.3 Å². The van der Waals surface area contributed by atoms with Gasteiger partial charge >= 0.3 is 0 Å².